The standard InChI is InChI=1S/C14H14N6O3/c1-8-11(12(21)20-13(17-8)15-7-16-20)19-14(22)18-9-3-5-10(23-2)6-4-9/h3-7H,1-2H3,(H,15,16,17)(H2,18,19,22). The average molecular weight is 314 g/mol. The number of urea groups is 1. The lowest BCUT2D eigenvalue weighted by molar-refractivity contribution is 0.262. The van der Waals surface area contributed by atoms with Crippen molar-refractivity contribution in [3.05, 3.63) is 46.6 Å². The van der Waals surface area contributed by atoms with Crippen LogP contribution in [0.4, 0.5) is 16.2 Å². The summed E-state index contributed by atoms with van der Waals surface area (Å²) in [4.78, 5) is 32.4. The number of benzene rings is 1. The molecular formula is C14H14N6O3. The number of anilines is 2. The second-order valence-electron chi connectivity index (χ2n) is 4.71. The lowest BCUT2D eigenvalue weighted by atomic mass is 10.3. The van der Waals surface area contributed by atoms with Gasteiger partial charge in [-0.2, -0.15) is 4.52 Å². The minimum absolute atomic E-state index is 0.0813. The van der Waals surface area contributed by atoms with Crippen molar-refractivity contribution in [1.82, 2.24) is 19.6 Å². The number of carbonyl (C=O) groups excluding carboxylic acids is 1. The average Bonchev–Trinajstić information content (AvgIpc) is 3.00. The number of methoxy groups -OCH3 is 1. The number of hydrogen-bond donors (Lipinski definition) is 3. The first-order chi connectivity index (χ1) is 11.1. The molecule has 0 aliphatic heterocycles. The van der Waals surface area contributed by atoms with Crippen LogP contribution in [0.3, 0.4) is 0 Å². The van der Waals surface area contributed by atoms with Crippen molar-refractivity contribution in [3.8, 4) is 5.75 Å². The van der Waals surface area contributed by atoms with Gasteiger partial charge < -0.3 is 15.4 Å². The van der Waals surface area contributed by atoms with Gasteiger partial charge in [-0.1, -0.05) is 0 Å². The van der Waals surface area contributed by atoms with Crippen LogP contribution in [0.15, 0.2) is 35.4 Å². The molecule has 3 aromatic rings. The van der Waals surface area contributed by atoms with Gasteiger partial charge in [0, 0.05) is 5.69 Å². The molecule has 3 N–H and O–H groups in total. The van der Waals surface area contributed by atoms with Crippen molar-refractivity contribution in [2.45, 2.75) is 6.92 Å². The summed E-state index contributed by atoms with van der Waals surface area (Å²) in [5.41, 5.74) is 0.594. The molecule has 0 radical (unpaired) electrons. The quantitative estimate of drug-likeness (QED) is 0.676. The number of fused-ring (bicyclic) bond motifs is 1. The zero-order valence-corrected chi connectivity index (χ0v) is 12.5. The molecule has 0 aliphatic rings. The van der Waals surface area contributed by atoms with Crippen LogP contribution in [-0.2, 0) is 0 Å². The molecule has 0 atom stereocenters. The summed E-state index contributed by atoms with van der Waals surface area (Å²) in [5, 5.41) is 7.78. The molecular weight excluding hydrogens is 300 g/mol. The molecule has 118 valence electrons. The van der Waals surface area contributed by atoms with Crippen molar-refractivity contribution in [2.24, 2.45) is 0 Å². The Balaban J connectivity index is 1.81. The number of rotatable bonds is 3. The number of H-pyrrole nitrogens is 1. The molecule has 0 bridgehead atoms. The zero-order chi connectivity index (χ0) is 16.4. The summed E-state index contributed by atoms with van der Waals surface area (Å²) >= 11 is 0. The second kappa shape index (κ2) is 5.79. The number of nitrogens with zero attached hydrogens (tertiary/aromatic N) is 3. The highest BCUT2D eigenvalue weighted by Gasteiger charge is 2.14. The second-order valence-corrected chi connectivity index (χ2v) is 4.71. The Labute approximate surface area is 130 Å². The molecule has 9 heteroatoms. The maximum absolute atomic E-state index is 12.3. The van der Waals surface area contributed by atoms with E-state index in [1.807, 2.05) is 0 Å². The molecule has 2 amide bonds. The van der Waals surface area contributed by atoms with E-state index in [0.29, 0.717) is 17.1 Å². The van der Waals surface area contributed by atoms with Crippen molar-refractivity contribution in [1.29, 1.82) is 0 Å². The van der Waals surface area contributed by atoms with Gasteiger partial charge in [0.2, 0.25) is 0 Å². The lowest BCUT2D eigenvalue weighted by Crippen LogP contribution is -2.28. The Bertz CT molecular complexity index is 912. The first kappa shape index (κ1) is 14.6. The molecule has 0 fully saturated rings. The summed E-state index contributed by atoms with van der Waals surface area (Å²) < 4.78 is 6.19. The maximum Gasteiger partial charge on any atom is 0.323 e. The number of aryl methyl sites for hydroxylation is 1. The fourth-order valence-electron chi connectivity index (χ4n) is 2.05. The van der Waals surface area contributed by atoms with Crippen LogP contribution in [0.1, 0.15) is 5.69 Å². The first-order valence-electron chi connectivity index (χ1n) is 6.73. The summed E-state index contributed by atoms with van der Waals surface area (Å²) in [7, 11) is 1.56. The minimum atomic E-state index is -0.545. The molecule has 9 nitrogen and oxygen atoms in total. The third-order valence-electron chi connectivity index (χ3n) is 3.20. The normalized spacial score (nSPS) is 10.5. The fourth-order valence-corrected chi connectivity index (χ4v) is 2.05. The Morgan fingerprint density at radius 1 is 1.26 bits per heavy atom. The summed E-state index contributed by atoms with van der Waals surface area (Å²) in [6, 6.07) is 6.27. The zero-order valence-electron chi connectivity index (χ0n) is 12.5. The van der Waals surface area contributed by atoms with Gasteiger partial charge in [0.15, 0.2) is 0 Å². The van der Waals surface area contributed by atoms with E-state index in [0.717, 1.165) is 4.52 Å². The third kappa shape index (κ3) is 2.84. The molecule has 0 aliphatic carbocycles. The van der Waals surface area contributed by atoms with Gasteiger partial charge in [0.25, 0.3) is 11.3 Å². The molecule has 0 unspecified atom stereocenters. The van der Waals surface area contributed by atoms with Crippen LogP contribution in [-0.4, -0.2) is 32.7 Å². The molecule has 3 rings (SSSR count). The summed E-state index contributed by atoms with van der Waals surface area (Å²) in [6.45, 7) is 1.62. The van der Waals surface area contributed by atoms with E-state index in [-0.39, 0.29) is 11.5 Å². The smallest absolute Gasteiger partial charge is 0.323 e. The molecule has 2 heterocycles. The van der Waals surface area contributed by atoms with Crippen molar-refractivity contribution in [3.63, 3.8) is 0 Å². The Kier molecular flexibility index (Phi) is 3.67. The van der Waals surface area contributed by atoms with Gasteiger partial charge in [0.05, 0.1) is 12.8 Å². The molecule has 1 aromatic carbocycles. The number of amides is 2. The van der Waals surface area contributed by atoms with Crippen molar-refractivity contribution < 1.29 is 9.53 Å². The van der Waals surface area contributed by atoms with Crippen LogP contribution in [0, 0.1) is 6.92 Å². The van der Waals surface area contributed by atoms with Crippen molar-refractivity contribution >= 4 is 23.2 Å². The van der Waals surface area contributed by atoms with E-state index in [4.69, 9.17) is 4.74 Å². The summed E-state index contributed by atoms with van der Waals surface area (Å²) in [5.74, 6) is 0.924. The SMILES string of the molecule is COc1ccc(NC(=O)Nc2c(C)nc3nc[nH]n3c2=O)cc1. The highest BCUT2D eigenvalue weighted by molar-refractivity contribution is 6.00. The third-order valence-corrected chi connectivity index (χ3v) is 3.20. The monoisotopic (exact) mass is 314 g/mol. The Morgan fingerprint density at radius 2 is 2.00 bits per heavy atom. The van der Waals surface area contributed by atoms with Crippen LogP contribution in [0.25, 0.3) is 5.78 Å². The number of hydrogen-bond acceptors (Lipinski definition) is 5. The molecule has 0 saturated carbocycles. The maximum atomic E-state index is 12.3. The highest BCUT2D eigenvalue weighted by Crippen LogP contribution is 2.15. The van der Waals surface area contributed by atoms with E-state index in [9.17, 15) is 9.59 Å². The largest absolute Gasteiger partial charge is 0.497 e. The Hall–Kier alpha value is -3.36. The predicted molar refractivity (Wildman–Crippen MR) is 84.0 cm³/mol. The van der Waals surface area contributed by atoms with E-state index < -0.39 is 11.6 Å². The fraction of sp³-hybridized carbons (Fsp3) is 0.143. The highest BCUT2D eigenvalue weighted by atomic mass is 16.5. The number of aromatic nitrogens is 4. The van der Waals surface area contributed by atoms with Gasteiger partial charge in [-0.15, -0.1) is 0 Å². The van der Waals surface area contributed by atoms with Gasteiger partial charge in [-0.25, -0.2) is 14.8 Å². The van der Waals surface area contributed by atoms with Gasteiger partial charge in [-0.3, -0.25) is 9.89 Å². The van der Waals surface area contributed by atoms with E-state index in [1.165, 1.54) is 6.33 Å². The topological polar surface area (TPSA) is 113 Å². The van der Waals surface area contributed by atoms with E-state index in [1.54, 1.807) is 38.3 Å². The van der Waals surface area contributed by atoms with Crippen molar-refractivity contribution in [2.75, 3.05) is 17.7 Å². The number of ether oxygens (including phenoxy) is 1. The minimum Gasteiger partial charge on any atom is -0.497 e. The number of nitrogens with one attached hydrogen (secondary N) is 3. The van der Waals surface area contributed by atoms with Crippen LogP contribution < -0.4 is 20.9 Å². The molecule has 0 saturated heterocycles. The Morgan fingerprint density at radius 3 is 2.70 bits per heavy atom. The molecule has 2 aromatic heterocycles. The lowest BCUT2D eigenvalue weighted by Gasteiger charge is -2.09. The van der Waals surface area contributed by atoms with Crippen LogP contribution in [0.5, 0.6) is 5.75 Å². The van der Waals surface area contributed by atoms with Gasteiger partial charge in [-0.05, 0) is 31.2 Å². The molecule has 23 heavy (non-hydrogen) atoms. The van der Waals surface area contributed by atoms with Gasteiger partial charge >= 0.3 is 6.03 Å². The summed E-state index contributed by atoms with van der Waals surface area (Å²) in [6.07, 6.45) is 1.35. The number of aromatic amines is 1. The van der Waals surface area contributed by atoms with Crippen LogP contribution >= 0.6 is 0 Å². The van der Waals surface area contributed by atoms with Gasteiger partial charge in [0.1, 0.15) is 17.8 Å². The van der Waals surface area contributed by atoms with Crippen LogP contribution in [0.2, 0.25) is 0 Å². The molecule has 0 spiro atoms. The van der Waals surface area contributed by atoms with E-state index >= 15 is 0 Å². The van der Waals surface area contributed by atoms with E-state index in [2.05, 4.69) is 25.7 Å². The first-order valence-corrected chi connectivity index (χ1v) is 6.73. The number of carbonyl (C=O) groups is 1. The predicted octanol–water partition coefficient (Wildman–Crippen LogP) is 1.38.